The van der Waals surface area contributed by atoms with Crippen molar-refractivity contribution >= 4 is 34.8 Å². The van der Waals surface area contributed by atoms with Crippen LogP contribution in [-0.4, -0.2) is 12.0 Å². The number of nitrogens with one attached hydrogen (secondary N) is 1. The van der Waals surface area contributed by atoms with E-state index in [9.17, 15) is 4.79 Å². The van der Waals surface area contributed by atoms with E-state index in [0.717, 1.165) is 5.56 Å². The summed E-state index contributed by atoms with van der Waals surface area (Å²) < 4.78 is 11.6. The molecule has 3 aromatic rings. The van der Waals surface area contributed by atoms with Gasteiger partial charge in [0.1, 0.15) is 11.5 Å². The van der Waals surface area contributed by atoms with Gasteiger partial charge in [0, 0.05) is 10.0 Å². The quantitative estimate of drug-likeness (QED) is 0.499. The number of carbonyl (C=O) groups is 1. The molecule has 1 amide bonds. The summed E-state index contributed by atoms with van der Waals surface area (Å²) in [6, 6.07) is 19.6. The number of carbonyl (C=O) groups excluding carboxylic acids is 1. The molecule has 1 unspecified atom stereocenters. The molecule has 0 fully saturated rings. The van der Waals surface area contributed by atoms with Crippen LogP contribution in [-0.2, 0) is 4.79 Å². The van der Waals surface area contributed by atoms with Gasteiger partial charge in [-0.05, 0) is 67.9 Å². The highest BCUT2D eigenvalue weighted by molar-refractivity contribution is 6.31. The van der Waals surface area contributed by atoms with Gasteiger partial charge >= 0.3 is 0 Å². The molecule has 28 heavy (non-hydrogen) atoms. The number of hydrogen-bond donors (Lipinski definition) is 1. The maximum atomic E-state index is 12.6. The highest BCUT2D eigenvalue weighted by Crippen LogP contribution is 2.32. The van der Waals surface area contributed by atoms with Gasteiger partial charge in [0.05, 0.1) is 5.69 Å². The zero-order valence-corrected chi connectivity index (χ0v) is 16.9. The Hall–Kier alpha value is -2.69. The minimum atomic E-state index is -0.732. The summed E-state index contributed by atoms with van der Waals surface area (Å²) in [5.74, 6) is 1.38. The fourth-order valence-corrected chi connectivity index (χ4v) is 2.78. The number of para-hydroxylation sites is 1. The highest BCUT2D eigenvalue weighted by atomic mass is 35.5. The number of aryl methyl sites for hydroxylation is 1. The number of amides is 1. The lowest BCUT2D eigenvalue weighted by Crippen LogP contribution is -2.30. The second kappa shape index (κ2) is 9.00. The highest BCUT2D eigenvalue weighted by Gasteiger charge is 2.18. The summed E-state index contributed by atoms with van der Waals surface area (Å²) in [4.78, 5) is 12.6. The third-order valence-electron chi connectivity index (χ3n) is 3.98. The minimum absolute atomic E-state index is 0.326. The average molecular weight is 416 g/mol. The molecule has 0 aliphatic rings. The van der Waals surface area contributed by atoms with E-state index in [4.69, 9.17) is 32.7 Å². The molecule has 0 aliphatic carbocycles. The molecule has 0 aliphatic heterocycles. The first-order valence-corrected chi connectivity index (χ1v) is 9.44. The molecule has 0 radical (unpaired) electrons. The monoisotopic (exact) mass is 415 g/mol. The Balaban J connectivity index is 1.73. The first kappa shape index (κ1) is 20.1. The van der Waals surface area contributed by atoms with Crippen molar-refractivity contribution in [1.82, 2.24) is 0 Å². The molecule has 0 aromatic heterocycles. The summed E-state index contributed by atoms with van der Waals surface area (Å²) in [5.41, 5.74) is 1.34. The first-order chi connectivity index (χ1) is 13.4. The predicted molar refractivity (Wildman–Crippen MR) is 113 cm³/mol. The van der Waals surface area contributed by atoms with Crippen LogP contribution < -0.4 is 14.8 Å². The van der Waals surface area contributed by atoms with E-state index in [1.54, 1.807) is 43.3 Å². The van der Waals surface area contributed by atoms with Crippen molar-refractivity contribution in [2.45, 2.75) is 20.0 Å². The Kier molecular flexibility index (Phi) is 6.45. The Morgan fingerprint density at radius 1 is 0.964 bits per heavy atom. The van der Waals surface area contributed by atoms with Gasteiger partial charge in [-0.25, -0.2) is 0 Å². The van der Waals surface area contributed by atoms with Crippen LogP contribution in [0.4, 0.5) is 5.69 Å². The minimum Gasteiger partial charge on any atom is -0.481 e. The zero-order chi connectivity index (χ0) is 20.1. The van der Waals surface area contributed by atoms with Gasteiger partial charge in [-0.1, -0.05) is 41.4 Å². The van der Waals surface area contributed by atoms with Crippen LogP contribution in [0, 0.1) is 6.92 Å². The van der Waals surface area contributed by atoms with Crippen LogP contribution in [0.25, 0.3) is 0 Å². The van der Waals surface area contributed by atoms with Gasteiger partial charge in [-0.2, -0.15) is 0 Å². The second-order valence-electron chi connectivity index (χ2n) is 6.22. The van der Waals surface area contributed by atoms with Crippen LogP contribution in [0.5, 0.6) is 17.2 Å². The van der Waals surface area contributed by atoms with Crippen LogP contribution >= 0.6 is 23.2 Å². The largest absolute Gasteiger partial charge is 0.481 e. The van der Waals surface area contributed by atoms with E-state index in [2.05, 4.69) is 5.32 Å². The fourth-order valence-electron chi connectivity index (χ4n) is 2.49. The number of ether oxygens (including phenoxy) is 2. The normalized spacial score (nSPS) is 11.6. The van der Waals surface area contributed by atoms with Crippen LogP contribution in [0.2, 0.25) is 10.0 Å². The molecular formula is C22H19Cl2NO3. The van der Waals surface area contributed by atoms with Gasteiger partial charge in [0.25, 0.3) is 5.91 Å². The summed E-state index contributed by atoms with van der Waals surface area (Å²) >= 11 is 12.1. The standard InChI is InChI=1S/C22H19Cl2NO3/c1-14-12-18(9-10-19(14)24)27-15(2)22(26)25-20-13-16(23)8-11-21(20)28-17-6-4-3-5-7-17/h3-13,15H,1-2H3,(H,25,26). The Morgan fingerprint density at radius 3 is 2.43 bits per heavy atom. The SMILES string of the molecule is Cc1cc(OC(C)C(=O)Nc2cc(Cl)ccc2Oc2ccccc2)ccc1Cl. The molecule has 1 atom stereocenters. The third kappa shape index (κ3) is 5.18. The maximum Gasteiger partial charge on any atom is 0.265 e. The lowest BCUT2D eigenvalue weighted by molar-refractivity contribution is -0.122. The molecule has 144 valence electrons. The van der Waals surface area contributed by atoms with Crippen molar-refractivity contribution < 1.29 is 14.3 Å². The molecule has 0 saturated carbocycles. The molecule has 3 aromatic carbocycles. The molecule has 1 N–H and O–H groups in total. The van der Waals surface area contributed by atoms with Gasteiger partial charge in [-0.3, -0.25) is 4.79 Å². The summed E-state index contributed by atoms with van der Waals surface area (Å²) in [6.07, 6.45) is -0.732. The number of anilines is 1. The lowest BCUT2D eigenvalue weighted by atomic mass is 10.2. The molecule has 0 spiro atoms. The van der Waals surface area contributed by atoms with Gasteiger partial charge in [0.2, 0.25) is 0 Å². The van der Waals surface area contributed by atoms with Crippen molar-refractivity contribution in [2.75, 3.05) is 5.32 Å². The Morgan fingerprint density at radius 2 is 1.71 bits per heavy atom. The molecule has 4 nitrogen and oxygen atoms in total. The second-order valence-corrected chi connectivity index (χ2v) is 7.06. The molecule has 3 rings (SSSR count). The van der Waals surface area contributed by atoms with Crippen molar-refractivity contribution in [3.63, 3.8) is 0 Å². The van der Waals surface area contributed by atoms with Crippen molar-refractivity contribution in [2.24, 2.45) is 0 Å². The number of hydrogen-bond acceptors (Lipinski definition) is 3. The van der Waals surface area contributed by atoms with E-state index in [-0.39, 0.29) is 5.91 Å². The van der Waals surface area contributed by atoms with E-state index in [1.807, 2.05) is 37.3 Å². The smallest absolute Gasteiger partial charge is 0.265 e. The average Bonchev–Trinajstić information content (AvgIpc) is 2.67. The fraction of sp³-hybridized carbons (Fsp3) is 0.136. The number of benzene rings is 3. The van der Waals surface area contributed by atoms with E-state index < -0.39 is 6.10 Å². The Labute approximate surface area is 174 Å². The van der Waals surface area contributed by atoms with Gasteiger partial charge in [0.15, 0.2) is 11.9 Å². The molecule has 0 heterocycles. The summed E-state index contributed by atoms with van der Waals surface area (Å²) in [5, 5.41) is 3.95. The van der Waals surface area contributed by atoms with E-state index in [0.29, 0.717) is 33.0 Å². The topological polar surface area (TPSA) is 47.6 Å². The van der Waals surface area contributed by atoms with Crippen LogP contribution in [0.15, 0.2) is 66.7 Å². The van der Waals surface area contributed by atoms with Crippen molar-refractivity contribution in [1.29, 1.82) is 0 Å². The van der Waals surface area contributed by atoms with Crippen molar-refractivity contribution in [3.8, 4) is 17.2 Å². The first-order valence-electron chi connectivity index (χ1n) is 8.68. The lowest BCUT2D eigenvalue weighted by Gasteiger charge is -2.17. The number of halogens is 2. The Bertz CT molecular complexity index is 977. The van der Waals surface area contributed by atoms with Gasteiger partial charge < -0.3 is 14.8 Å². The molecular weight excluding hydrogens is 397 g/mol. The maximum absolute atomic E-state index is 12.6. The molecule has 6 heteroatoms. The summed E-state index contributed by atoms with van der Waals surface area (Å²) in [7, 11) is 0. The summed E-state index contributed by atoms with van der Waals surface area (Å²) in [6.45, 7) is 3.54. The van der Waals surface area contributed by atoms with Gasteiger partial charge in [-0.15, -0.1) is 0 Å². The molecule has 0 bridgehead atoms. The third-order valence-corrected chi connectivity index (χ3v) is 4.64. The zero-order valence-electron chi connectivity index (χ0n) is 15.4. The van der Waals surface area contributed by atoms with E-state index >= 15 is 0 Å². The number of rotatable bonds is 6. The van der Waals surface area contributed by atoms with Crippen LogP contribution in [0.1, 0.15) is 12.5 Å². The molecule has 0 saturated heterocycles. The van der Waals surface area contributed by atoms with E-state index in [1.165, 1.54) is 0 Å². The van der Waals surface area contributed by atoms with Crippen LogP contribution in [0.3, 0.4) is 0 Å². The van der Waals surface area contributed by atoms with Crippen molar-refractivity contribution in [3.05, 3.63) is 82.3 Å². The predicted octanol–water partition coefficient (Wildman–Crippen LogP) is 6.50.